The number of nitrogens with zero attached hydrogens (tertiary/aromatic N) is 3. The van der Waals surface area contributed by atoms with E-state index in [9.17, 15) is 0 Å². The van der Waals surface area contributed by atoms with Gasteiger partial charge in [-0.05, 0) is 30.3 Å². The maximum atomic E-state index is 5.82. The van der Waals surface area contributed by atoms with Crippen LogP contribution in [0.5, 0.6) is 17.4 Å². The highest BCUT2D eigenvalue weighted by atomic mass is 16.5. The second kappa shape index (κ2) is 7.90. The molecule has 0 aliphatic rings. The minimum Gasteiger partial charge on any atom is -0.493 e. The molecule has 3 aromatic rings. The third kappa shape index (κ3) is 3.92. The largest absolute Gasteiger partial charge is 0.493 e. The number of hydrogen-bond donors (Lipinski definition) is 1. The average molecular weight is 366 g/mol. The van der Waals surface area contributed by atoms with Crippen LogP contribution in [-0.2, 0) is 0 Å². The van der Waals surface area contributed by atoms with E-state index < -0.39 is 0 Å². The fourth-order valence-corrected chi connectivity index (χ4v) is 2.54. The normalized spacial score (nSPS) is 11.8. The topological polar surface area (TPSA) is 92.4 Å². The number of ether oxygens (including phenoxy) is 3. The minimum atomic E-state index is 0.143. The van der Waals surface area contributed by atoms with Crippen LogP contribution in [0.1, 0.15) is 6.92 Å². The highest BCUT2D eigenvalue weighted by Crippen LogP contribution is 2.33. The van der Waals surface area contributed by atoms with Crippen LogP contribution in [0.3, 0.4) is 0 Å². The Morgan fingerprint density at radius 3 is 2.56 bits per heavy atom. The molecular weight excluding hydrogens is 344 g/mol. The van der Waals surface area contributed by atoms with Crippen molar-refractivity contribution in [1.82, 2.24) is 15.0 Å². The number of aromatic nitrogens is 3. The number of nitrogen functional groups attached to an aromatic ring is 1. The number of pyridine rings is 1. The Balaban J connectivity index is 2.05. The first-order chi connectivity index (χ1) is 13.0. The van der Waals surface area contributed by atoms with Crippen LogP contribution in [0.4, 0.5) is 5.95 Å². The number of fused-ring (bicyclic) bond motifs is 1. The molecule has 1 unspecified atom stereocenters. The number of hydrogen-bond acceptors (Lipinski definition) is 7. The molecule has 0 fully saturated rings. The standard InChI is InChI=1S/C20H22N4O3/c1-5-12(2)11-27-19-18-15(23-20(21)24-19)8-7-14(22-18)13-6-9-16(25-3)17(10-13)26-4/h5-10,12H,1,11H2,2-4H3,(H2,21,23,24). The number of nitrogens with two attached hydrogens (primary N) is 1. The van der Waals surface area contributed by atoms with Gasteiger partial charge in [0.15, 0.2) is 17.0 Å². The van der Waals surface area contributed by atoms with Gasteiger partial charge in [-0.1, -0.05) is 13.0 Å². The summed E-state index contributed by atoms with van der Waals surface area (Å²) in [6, 6.07) is 9.32. The quantitative estimate of drug-likeness (QED) is 0.640. The summed E-state index contributed by atoms with van der Waals surface area (Å²) >= 11 is 0. The maximum Gasteiger partial charge on any atom is 0.245 e. The third-order valence-corrected chi connectivity index (χ3v) is 4.09. The molecule has 0 amide bonds. The van der Waals surface area contributed by atoms with Crippen LogP contribution < -0.4 is 19.9 Å². The first kappa shape index (κ1) is 18.4. The highest BCUT2D eigenvalue weighted by Gasteiger charge is 2.13. The summed E-state index contributed by atoms with van der Waals surface area (Å²) in [5.74, 6) is 1.95. The average Bonchev–Trinajstić information content (AvgIpc) is 2.70. The molecule has 7 heteroatoms. The maximum absolute atomic E-state index is 5.82. The van der Waals surface area contributed by atoms with Crippen LogP contribution in [0.25, 0.3) is 22.3 Å². The van der Waals surface area contributed by atoms with Gasteiger partial charge in [-0.15, -0.1) is 6.58 Å². The smallest absolute Gasteiger partial charge is 0.245 e. The van der Waals surface area contributed by atoms with Crippen molar-refractivity contribution in [3.63, 3.8) is 0 Å². The molecule has 3 rings (SSSR count). The van der Waals surface area contributed by atoms with Gasteiger partial charge in [0.05, 0.1) is 32.0 Å². The fourth-order valence-electron chi connectivity index (χ4n) is 2.54. The summed E-state index contributed by atoms with van der Waals surface area (Å²) in [6.45, 7) is 6.19. The van der Waals surface area contributed by atoms with Crippen molar-refractivity contribution < 1.29 is 14.2 Å². The SMILES string of the molecule is C=CC(C)COc1nc(N)nc2ccc(-c3ccc(OC)c(OC)c3)nc12. The van der Waals surface area contributed by atoms with E-state index in [-0.39, 0.29) is 11.9 Å². The third-order valence-electron chi connectivity index (χ3n) is 4.09. The van der Waals surface area contributed by atoms with Gasteiger partial charge < -0.3 is 19.9 Å². The van der Waals surface area contributed by atoms with E-state index in [1.54, 1.807) is 14.2 Å². The highest BCUT2D eigenvalue weighted by molar-refractivity contribution is 5.83. The van der Waals surface area contributed by atoms with Gasteiger partial charge in [-0.2, -0.15) is 4.98 Å². The van der Waals surface area contributed by atoms with Crippen molar-refractivity contribution in [1.29, 1.82) is 0 Å². The summed E-state index contributed by atoms with van der Waals surface area (Å²) < 4.78 is 16.5. The molecule has 0 radical (unpaired) electrons. The fraction of sp³-hybridized carbons (Fsp3) is 0.250. The molecule has 7 nitrogen and oxygen atoms in total. The number of rotatable bonds is 7. The summed E-state index contributed by atoms with van der Waals surface area (Å²) in [6.07, 6.45) is 1.81. The van der Waals surface area contributed by atoms with Crippen molar-refractivity contribution in [2.24, 2.45) is 5.92 Å². The van der Waals surface area contributed by atoms with Crippen LogP contribution in [0.15, 0.2) is 43.0 Å². The predicted molar refractivity (Wildman–Crippen MR) is 105 cm³/mol. The Bertz CT molecular complexity index is 975. The van der Waals surface area contributed by atoms with Gasteiger partial charge >= 0.3 is 0 Å². The Morgan fingerprint density at radius 2 is 1.85 bits per heavy atom. The molecule has 0 saturated heterocycles. The molecule has 27 heavy (non-hydrogen) atoms. The lowest BCUT2D eigenvalue weighted by Gasteiger charge is -2.12. The first-order valence-corrected chi connectivity index (χ1v) is 8.47. The van der Waals surface area contributed by atoms with E-state index in [4.69, 9.17) is 24.9 Å². The first-order valence-electron chi connectivity index (χ1n) is 8.47. The predicted octanol–water partition coefficient (Wildman–Crippen LogP) is 3.49. The molecule has 0 bridgehead atoms. The summed E-state index contributed by atoms with van der Waals surface area (Å²) in [7, 11) is 3.19. The van der Waals surface area contributed by atoms with Crippen LogP contribution in [0, 0.1) is 5.92 Å². The van der Waals surface area contributed by atoms with E-state index in [1.807, 2.05) is 43.3 Å². The summed E-state index contributed by atoms with van der Waals surface area (Å²) in [4.78, 5) is 13.1. The minimum absolute atomic E-state index is 0.143. The number of anilines is 1. The van der Waals surface area contributed by atoms with E-state index in [0.29, 0.717) is 35.0 Å². The lowest BCUT2D eigenvalue weighted by atomic mass is 10.1. The molecule has 0 saturated carbocycles. The van der Waals surface area contributed by atoms with Gasteiger partial charge in [-0.25, -0.2) is 9.97 Å². The second-order valence-corrected chi connectivity index (χ2v) is 6.04. The van der Waals surface area contributed by atoms with Crippen LogP contribution in [0.2, 0.25) is 0 Å². The van der Waals surface area contributed by atoms with Gasteiger partial charge in [0.1, 0.15) is 0 Å². The lowest BCUT2D eigenvalue weighted by Crippen LogP contribution is -2.09. The monoisotopic (exact) mass is 366 g/mol. The zero-order valence-electron chi connectivity index (χ0n) is 15.6. The van der Waals surface area contributed by atoms with Crippen molar-refractivity contribution >= 4 is 17.0 Å². The Hall–Kier alpha value is -3.35. The van der Waals surface area contributed by atoms with E-state index in [0.717, 1.165) is 11.3 Å². The van der Waals surface area contributed by atoms with Crippen LogP contribution in [-0.4, -0.2) is 35.8 Å². The molecule has 1 aromatic carbocycles. The molecular formula is C20H22N4O3. The van der Waals surface area contributed by atoms with E-state index in [1.165, 1.54) is 0 Å². The molecule has 140 valence electrons. The molecule has 2 N–H and O–H groups in total. The van der Waals surface area contributed by atoms with E-state index in [2.05, 4.69) is 16.5 Å². The zero-order chi connectivity index (χ0) is 19.4. The van der Waals surface area contributed by atoms with Crippen molar-refractivity contribution in [3.8, 4) is 28.6 Å². The van der Waals surface area contributed by atoms with Gasteiger partial charge in [-0.3, -0.25) is 0 Å². The zero-order valence-corrected chi connectivity index (χ0v) is 15.6. The van der Waals surface area contributed by atoms with Gasteiger partial charge in [0, 0.05) is 11.5 Å². The van der Waals surface area contributed by atoms with Gasteiger partial charge in [0.25, 0.3) is 0 Å². The molecule has 2 heterocycles. The van der Waals surface area contributed by atoms with Crippen molar-refractivity contribution in [2.45, 2.75) is 6.92 Å². The second-order valence-electron chi connectivity index (χ2n) is 6.04. The molecule has 2 aromatic heterocycles. The number of benzene rings is 1. The van der Waals surface area contributed by atoms with Crippen molar-refractivity contribution in [2.75, 3.05) is 26.6 Å². The lowest BCUT2D eigenvalue weighted by molar-refractivity contribution is 0.278. The Kier molecular flexibility index (Phi) is 5.40. The summed E-state index contributed by atoms with van der Waals surface area (Å²) in [5, 5.41) is 0. The summed E-state index contributed by atoms with van der Waals surface area (Å²) in [5.41, 5.74) is 8.58. The Labute approximate surface area is 157 Å². The molecule has 0 aliphatic heterocycles. The number of methoxy groups -OCH3 is 2. The molecule has 1 atom stereocenters. The molecule has 0 spiro atoms. The van der Waals surface area contributed by atoms with Gasteiger partial charge in [0.2, 0.25) is 11.8 Å². The van der Waals surface area contributed by atoms with E-state index >= 15 is 0 Å². The van der Waals surface area contributed by atoms with Crippen LogP contribution >= 0.6 is 0 Å². The van der Waals surface area contributed by atoms with Crippen molar-refractivity contribution in [3.05, 3.63) is 43.0 Å². The Morgan fingerprint density at radius 1 is 1.07 bits per heavy atom. The molecule has 0 aliphatic carbocycles.